The quantitative estimate of drug-likeness (QED) is 0.286. The van der Waals surface area contributed by atoms with Crippen LogP contribution >= 0.6 is 0 Å². The molecule has 0 saturated carbocycles. The van der Waals surface area contributed by atoms with Crippen molar-refractivity contribution < 1.29 is 0 Å². The van der Waals surface area contributed by atoms with Crippen molar-refractivity contribution in [2.24, 2.45) is 4.99 Å². The van der Waals surface area contributed by atoms with Crippen LogP contribution in [0.15, 0.2) is 84.1 Å². The molecule has 0 N–H and O–H groups in total. The van der Waals surface area contributed by atoms with E-state index in [1.807, 2.05) is 24.5 Å². The Kier molecular flexibility index (Phi) is 3.39. The highest BCUT2D eigenvalue weighted by molar-refractivity contribution is 6.18. The van der Waals surface area contributed by atoms with E-state index in [4.69, 9.17) is 9.98 Å². The van der Waals surface area contributed by atoms with Gasteiger partial charge in [-0.25, -0.2) is 4.99 Å². The summed E-state index contributed by atoms with van der Waals surface area (Å²) in [5.41, 5.74) is 11.9. The lowest BCUT2D eigenvalue weighted by Crippen LogP contribution is -2.15. The van der Waals surface area contributed by atoms with E-state index in [9.17, 15) is 0 Å². The van der Waals surface area contributed by atoms with Crippen LogP contribution in [0.4, 0.5) is 5.69 Å². The highest BCUT2D eigenvalue weighted by Gasteiger charge is 2.35. The van der Waals surface area contributed by atoms with Gasteiger partial charge in [0.05, 0.1) is 22.4 Å². The molecule has 2 aromatic heterocycles. The van der Waals surface area contributed by atoms with Gasteiger partial charge < -0.3 is 0 Å². The van der Waals surface area contributed by atoms with Gasteiger partial charge in [-0.3, -0.25) is 9.97 Å². The zero-order valence-electron chi connectivity index (χ0n) is 18.1. The van der Waals surface area contributed by atoms with Gasteiger partial charge in [-0.1, -0.05) is 56.3 Å². The zero-order chi connectivity index (χ0) is 21.4. The number of rotatable bonds is 1. The lowest BCUT2D eigenvalue weighted by atomic mass is 9.81. The Labute approximate surface area is 186 Å². The minimum absolute atomic E-state index is 0.0151. The molecule has 1 aliphatic carbocycles. The van der Waals surface area contributed by atoms with E-state index in [2.05, 4.69) is 73.4 Å². The molecule has 0 amide bonds. The van der Waals surface area contributed by atoms with Gasteiger partial charge in [0.15, 0.2) is 0 Å². The first-order valence-electron chi connectivity index (χ1n) is 11.1. The number of benzene rings is 3. The van der Waals surface area contributed by atoms with Gasteiger partial charge in [-0.05, 0) is 57.6 Å². The van der Waals surface area contributed by atoms with Gasteiger partial charge in [0.1, 0.15) is 0 Å². The third-order valence-electron chi connectivity index (χ3n) is 7.21. The minimum Gasteiger partial charge on any atom is -0.256 e. The van der Waals surface area contributed by atoms with Crippen molar-refractivity contribution in [3.8, 4) is 11.1 Å². The molecule has 0 atom stereocenters. The summed E-state index contributed by atoms with van der Waals surface area (Å²) in [6.45, 7) is 4.65. The summed E-state index contributed by atoms with van der Waals surface area (Å²) in [5, 5.41) is 2.24. The van der Waals surface area contributed by atoms with E-state index in [0.717, 1.165) is 34.2 Å². The van der Waals surface area contributed by atoms with Crippen molar-refractivity contribution in [2.75, 3.05) is 0 Å². The van der Waals surface area contributed by atoms with Gasteiger partial charge in [0.2, 0.25) is 0 Å². The van der Waals surface area contributed by atoms with Crippen molar-refractivity contribution in [2.45, 2.75) is 25.7 Å². The maximum Gasteiger partial charge on any atom is 0.0983 e. The van der Waals surface area contributed by atoms with Gasteiger partial charge in [-0.15, -0.1) is 0 Å². The van der Waals surface area contributed by atoms with E-state index < -0.39 is 0 Å². The molecule has 2 aliphatic rings. The molecule has 5 aromatic rings. The van der Waals surface area contributed by atoms with E-state index in [1.165, 1.54) is 38.8 Å². The number of aliphatic imine (C=N–C) groups is 1. The molecular weight excluding hydrogens is 390 g/mol. The summed E-state index contributed by atoms with van der Waals surface area (Å²) in [7, 11) is 0. The van der Waals surface area contributed by atoms with Gasteiger partial charge >= 0.3 is 0 Å². The van der Waals surface area contributed by atoms with Crippen LogP contribution in [0.1, 0.15) is 36.1 Å². The number of hydrogen-bond acceptors (Lipinski definition) is 3. The lowest BCUT2D eigenvalue weighted by Gasteiger charge is -2.21. The Balaban J connectivity index is 1.42. The van der Waals surface area contributed by atoms with Crippen LogP contribution in [0, 0.1) is 0 Å². The first-order valence-corrected chi connectivity index (χ1v) is 11.1. The minimum atomic E-state index is -0.0151. The largest absolute Gasteiger partial charge is 0.256 e. The molecule has 3 heterocycles. The fraction of sp³-hybridized carbons (Fsp3) is 0.138. The van der Waals surface area contributed by atoms with Crippen LogP contribution in [0.5, 0.6) is 0 Å². The van der Waals surface area contributed by atoms with E-state index >= 15 is 0 Å². The summed E-state index contributed by atoms with van der Waals surface area (Å²) in [4.78, 5) is 14.5. The number of aromatic nitrogens is 2. The maximum atomic E-state index is 5.15. The number of fused-ring (bicyclic) bond motifs is 9. The van der Waals surface area contributed by atoms with E-state index in [0.29, 0.717) is 0 Å². The zero-order valence-corrected chi connectivity index (χ0v) is 18.1. The highest BCUT2D eigenvalue weighted by Crippen LogP contribution is 2.49. The lowest BCUT2D eigenvalue weighted by molar-refractivity contribution is 0.660. The molecule has 0 spiro atoms. The molecular formula is C29H21N3. The number of pyridine rings is 2. The van der Waals surface area contributed by atoms with E-state index in [-0.39, 0.29) is 5.41 Å². The molecule has 0 fully saturated rings. The maximum absolute atomic E-state index is 5.15. The van der Waals surface area contributed by atoms with Crippen LogP contribution in [0.25, 0.3) is 32.9 Å². The standard InChI is InChI=1S/C29H21N3/c1-29(2)23-10-4-3-7-18(23)19-12-11-17(15-24(19)29)25-16-22-20-8-5-13-30-26(20)21-9-6-14-31-27(21)28(22)32-25/h3-15H,16H2,1-2H3. The van der Waals surface area contributed by atoms with Crippen molar-refractivity contribution >= 4 is 33.2 Å². The molecule has 0 radical (unpaired) electrons. The Hall–Kier alpha value is -3.85. The van der Waals surface area contributed by atoms with Crippen LogP contribution in [0.2, 0.25) is 0 Å². The molecule has 32 heavy (non-hydrogen) atoms. The summed E-state index contributed by atoms with van der Waals surface area (Å²) in [6.07, 6.45) is 4.51. The molecule has 3 heteroatoms. The molecule has 3 nitrogen and oxygen atoms in total. The summed E-state index contributed by atoms with van der Waals surface area (Å²) >= 11 is 0. The van der Waals surface area contributed by atoms with Crippen molar-refractivity contribution in [1.29, 1.82) is 0 Å². The molecule has 0 unspecified atom stereocenters. The highest BCUT2D eigenvalue weighted by atomic mass is 14.8. The Morgan fingerprint density at radius 1 is 0.719 bits per heavy atom. The molecule has 152 valence electrons. The fourth-order valence-electron chi connectivity index (χ4n) is 5.61. The second kappa shape index (κ2) is 6.10. The summed E-state index contributed by atoms with van der Waals surface area (Å²) in [6, 6.07) is 23.9. The third kappa shape index (κ3) is 2.23. The fourth-order valence-corrected chi connectivity index (χ4v) is 5.61. The van der Waals surface area contributed by atoms with Gasteiger partial charge in [0, 0.05) is 35.0 Å². The summed E-state index contributed by atoms with van der Waals surface area (Å²) in [5.74, 6) is 0. The Bertz CT molecular complexity index is 1630. The Morgan fingerprint density at radius 2 is 1.47 bits per heavy atom. The topological polar surface area (TPSA) is 38.1 Å². The average molecular weight is 412 g/mol. The monoisotopic (exact) mass is 411 g/mol. The molecule has 3 aromatic carbocycles. The first-order chi connectivity index (χ1) is 15.6. The van der Waals surface area contributed by atoms with E-state index in [1.54, 1.807) is 0 Å². The van der Waals surface area contributed by atoms with Gasteiger partial charge in [0.25, 0.3) is 0 Å². The first kappa shape index (κ1) is 17.8. The van der Waals surface area contributed by atoms with Crippen molar-refractivity contribution in [3.63, 3.8) is 0 Å². The predicted octanol–water partition coefficient (Wildman–Crippen LogP) is 6.77. The van der Waals surface area contributed by atoms with Gasteiger partial charge in [-0.2, -0.15) is 0 Å². The number of nitrogens with zero attached hydrogens (tertiary/aromatic N) is 3. The second-order valence-corrected chi connectivity index (χ2v) is 9.29. The predicted molar refractivity (Wildman–Crippen MR) is 131 cm³/mol. The van der Waals surface area contributed by atoms with Crippen LogP contribution in [-0.4, -0.2) is 15.7 Å². The third-order valence-corrected chi connectivity index (χ3v) is 7.21. The van der Waals surface area contributed by atoms with Crippen LogP contribution in [-0.2, 0) is 11.8 Å². The second-order valence-electron chi connectivity index (χ2n) is 9.29. The van der Waals surface area contributed by atoms with Crippen LogP contribution in [0.3, 0.4) is 0 Å². The molecule has 1 aliphatic heterocycles. The normalized spacial score (nSPS) is 15.5. The Morgan fingerprint density at radius 3 is 2.34 bits per heavy atom. The summed E-state index contributed by atoms with van der Waals surface area (Å²) < 4.78 is 0. The molecule has 0 bridgehead atoms. The smallest absolute Gasteiger partial charge is 0.0983 e. The molecule has 0 saturated heterocycles. The number of hydrogen-bond donors (Lipinski definition) is 0. The molecule has 7 rings (SSSR count). The average Bonchev–Trinajstić information content (AvgIpc) is 3.38. The van der Waals surface area contributed by atoms with Crippen molar-refractivity contribution in [1.82, 2.24) is 9.97 Å². The SMILES string of the molecule is CC1(C)c2ccccc2-c2ccc(C3=Nc4c(c5cccnc5c5cccnc45)C3)cc21. The van der Waals surface area contributed by atoms with Crippen molar-refractivity contribution in [3.05, 3.63) is 101 Å². The van der Waals surface area contributed by atoms with Crippen LogP contribution < -0.4 is 0 Å².